The highest BCUT2D eigenvalue weighted by molar-refractivity contribution is 5.27. The first-order chi connectivity index (χ1) is 7.20. The molecule has 3 heteroatoms. The number of β-amino-alcohol motifs (C(OH)–C–C–N with tert-alkyl or cyclic N) is 1. The molecule has 1 aromatic heterocycles. The number of hydrogen-bond donors (Lipinski definition) is 1. The van der Waals surface area contributed by atoms with Crippen LogP contribution in [-0.4, -0.2) is 28.1 Å². The van der Waals surface area contributed by atoms with E-state index in [0.29, 0.717) is 5.92 Å². The van der Waals surface area contributed by atoms with E-state index in [0.717, 1.165) is 19.6 Å². The largest absolute Gasteiger partial charge is 0.395 e. The molecule has 1 aliphatic rings. The minimum atomic E-state index is 0.227. The highest BCUT2D eigenvalue weighted by Gasteiger charge is 2.20. The van der Waals surface area contributed by atoms with E-state index in [2.05, 4.69) is 35.9 Å². The topological polar surface area (TPSA) is 36.4 Å². The Morgan fingerprint density at radius 1 is 1.40 bits per heavy atom. The Labute approximate surface area is 90.8 Å². The molecule has 0 saturated carbocycles. The van der Waals surface area contributed by atoms with E-state index in [-0.39, 0.29) is 6.61 Å². The van der Waals surface area contributed by atoms with Crippen molar-refractivity contribution in [1.29, 1.82) is 0 Å². The average Bonchev–Trinajstić information content (AvgIpc) is 2.59. The molecule has 1 aromatic rings. The van der Waals surface area contributed by atoms with Crippen molar-refractivity contribution in [1.82, 2.24) is 9.88 Å². The second-order valence-corrected chi connectivity index (χ2v) is 4.43. The summed E-state index contributed by atoms with van der Waals surface area (Å²) in [6.45, 7) is 7.11. The van der Waals surface area contributed by atoms with Gasteiger partial charge < -0.3 is 5.11 Å². The fraction of sp³-hybridized carbons (Fsp3) is 0.583. The number of aliphatic hydroxyl groups excluding tert-OH is 1. The second-order valence-electron chi connectivity index (χ2n) is 4.43. The molecule has 0 aromatic carbocycles. The van der Waals surface area contributed by atoms with Crippen LogP contribution < -0.4 is 0 Å². The van der Waals surface area contributed by atoms with Crippen molar-refractivity contribution < 1.29 is 5.11 Å². The molecule has 0 atom stereocenters. The van der Waals surface area contributed by atoms with Gasteiger partial charge in [0.2, 0.25) is 0 Å². The lowest BCUT2D eigenvalue weighted by molar-refractivity contribution is 0.197. The molecule has 0 spiro atoms. The van der Waals surface area contributed by atoms with Gasteiger partial charge in [-0.2, -0.15) is 0 Å². The molecule has 0 fully saturated rings. The summed E-state index contributed by atoms with van der Waals surface area (Å²) in [5, 5.41) is 8.89. The number of aliphatic hydroxyl groups is 1. The van der Waals surface area contributed by atoms with E-state index >= 15 is 0 Å². The molecule has 2 heterocycles. The maximum atomic E-state index is 8.89. The van der Waals surface area contributed by atoms with Gasteiger partial charge in [0.15, 0.2) is 0 Å². The van der Waals surface area contributed by atoms with Gasteiger partial charge in [-0.05, 0) is 17.5 Å². The van der Waals surface area contributed by atoms with Crippen LogP contribution in [0.1, 0.15) is 36.7 Å². The molecule has 82 valence electrons. The highest BCUT2D eigenvalue weighted by Crippen LogP contribution is 2.23. The Kier molecular flexibility index (Phi) is 3.03. The molecular weight excluding hydrogens is 188 g/mol. The SMILES string of the molecule is CC(C)c1ccc2c(n1)CN(CCO)C2. The van der Waals surface area contributed by atoms with E-state index in [1.54, 1.807) is 0 Å². The predicted octanol–water partition coefficient (Wildman–Crippen LogP) is 1.51. The highest BCUT2D eigenvalue weighted by atomic mass is 16.3. The second kappa shape index (κ2) is 4.29. The third-order valence-corrected chi connectivity index (χ3v) is 2.87. The summed E-state index contributed by atoms with van der Waals surface area (Å²) in [6.07, 6.45) is 0. The van der Waals surface area contributed by atoms with Crippen molar-refractivity contribution in [2.24, 2.45) is 0 Å². The monoisotopic (exact) mass is 206 g/mol. The molecule has 0 saturated heterocycles. The number of pyridine rings is 1. The van der Waals surface area contributed by atoms with Crippen LogP contribution in [0.25, 0.3) is 0 Å². The summed E-state index contributed by atoms with van der Waals surface area (Å²) in [4.78, 5) is 6.89. The summed E-state index contributed by atoms with van der Waals surface area (Å²) in [6, 6.07) is 4.29. The summed E-state index contributed by atoms with van der Waals surface area (Å²) in [5.74, 6) is 0.488. The molecule has 0 aliphatic carbocycles. The van der Waals surface area contributed by atoms with Crippen LogP contribution in [0.3, 0.4) is 0 Å². The molecule has 0 bridgehead atoms. The number of hydrogen-bond acceptors (Lipinski definition) is 3. The molecule has 1 N–H and O–H groups in total. The van der Waals surface area contributed by atoms with E-state index in [9.17, 15) is 0 Å². The third-order valence-electron chi connectivity index (χ3n) is 2.87. The van der Waals surface area contributed by atoms with Crippen LogP contribution in [0.2, 0.25) is 0 Å². The molecule has 1 aliphatic heterocycles. The maximum absolute atomic E-state index is 8.89. The van der Waals surface area contributed by atoms with E-state index in [1.807, 2.05) is 0 Å². The van der Waals surface area contributed by atoms with Crippen LogP contribution in [0.15, 0.2) is 12.1 Å². The van der Waals surface area contributed by atoms with Crippen LogP contribution >= 0.6 is 0 Å². The summed E-state index contributed by atoms with van der Waals surface area (Å²) in [5.41, 5.74) is 3.67. The number of fused-ring (bicyclic) bond motifs is 1. The van der Waals surface area contributed by atoms with Crippen LogP contribution in [0.5, 0.6) is 0 Å². The van der Waals surface area contributed by atoms with Gasteiger partial charge in [-0.1, -0.05) is 19.9 Å². The average molecular weight is 206 g/mol. The van der Waals surface area contributed by atoms with Crippen LogP contribution in [-0.2, 0) is 13.1 Å². The predicted molar refractivity (Wildman–Crippen MR) is 59.5 cm³/mol. The van der Waals surface area contributed by atoms with Crippen LogP contribution in [0.4, 0.5) is 0 Å². The van der Waals surface area contributed by atoms with Gasteiger partial charge >= 0.3 is 0 Å². The molecule has 15 heavy (non-hydrogen) atoms. The Hall–Kier alpha value is -0.930. The molecule has 2 rings (SSSR count). The Bertz CT molecular complexity index is 349. The minimum Gasteiger partial charge on any atom is -0.395 e. The van der Waals surface area contributed by atoms with Gasteiger partial charge in [-0.15, -0.1) is 0 Å². The van der Waals surface area contributed by atoms with Gasteiger partial charge in [-0.3, -0.25) is 9.88 Å². The minimum absolute atomic E-state index is 0.227. The van der Waals surface area contributed by atoms with E-state index in [4.69, 9.17) is 5.11 Å². The summed E-state index contributed by atoms with van der Waals surface area (Å²) < 4.78 is 0. The fourth-order valence-corrected chi connectivity index (χ4v) is 1.96. The first-order valence-electron chi connectivity index (χ1n) is 5.52. The zero-order chi connectivity index (χ0) is 10.8. The lowest BCUT2D eigenvalue weighted by Gasteiger charge is -2.11. The van der Waals surface area contributed by atoms with Crippen molar-refractivity contribution in [2.45, 2.75) is 32.9 Å². The van der Waals surface area contributed by atoms with Gasteiger partial charge in [0.05, 0.1) is 12.3 Å². The molecular formula is C12H18N2O. The van der Waals surface area contributed by atoms with E-state index < -0.39 is 0 Å². The third kappa shape index (κ3) is 2.19. The summed E-state index contributed by atoms with van der Waals surface area (Å²) in [7, 11) is 0. The molecule has 0 radical (unpaired) electrons. The lowest BCUT2D eigenvalue weighted by Crippen LogP contribution is -2.20. The van der Waals surface area contributed by atoms with Crippen LogP contribution in [0, 0.1) is 0 Å². The van der Waals surface area contributed by atoms with Gasteiger partial charge in [0.1, 0.15) is 0 Å². The normalized spacial score (nSPS) is 16.0. The van der Waals surface area contributed by atoms with Crippen molar-refractivity contribution in [2.75, 3.05) is 13.2 Å². The lowest BCUT2D eigenvalue weighted by atomic mass is 10.1. The van der Waals surface area contributed by atoms with Gasteiger partial charge in [-0.25, -0.2) is 0 Å². The van der Waals surface area contributed by atoms with E-state index in [1.165, 1.54) is 17.0 Å². The van der Waals surface area contributed by atoms with Gasteiger partial charge in [0, 0.05) is 25.3 Å². The fourth-order valence-electron chi connectivity index (χ4n) is 1.96. The number of nitrogens with zero attached hydrogens (tertiary/aromatic N) is 2. The van der Waals surface area contributed by atoms with Crippen molar-refractivity contribution >= 4 is 0 Å². The first-order valence-corrected chi connectivity index (χ1v) is 5.52. The standard InChI is InChI=1S/C12H18N2O/c1-9(2)11-4-3-10-7-14(5-6-15)8-12(10)13-11/h3-4,9,15H,5-8H2,1-2H3. The van der Waals surface area contributed by atoms with Crippen molar-refractivity contribution in [3.05, 3.63) is 29.1 Å². The first kappa shape index (κ1) is 10.6. The molecule has 0 amide bonds. The quantitative estimate of drug-likeness (QED) is 0.814. The number of aromatic nitrogens is 1. The molecule has 0 unspecified atom stereocenters. The Balaban J connectivity index is 2.16. The van der Waals surface area contributed by atoms with Crippen molar-refractivity contribution in [3.8, 4) is 0 Å². The zero-order valence-corrected chi connectivity index (χ0v) is 9.40. The summed E-state index contributed by atoms with van der Waals surface area (Å²) >= 11 is 0. The Morgan fingerprint density at radius 2 is 2.20 bits per heavy atom. The number of rotatable bonds is 3. The smallest absolute Gasteiger partial charge is 0.0592 e. The Morgan fingerprint density at radius 3 is 2.87 bits per heavy atom. The zero-order valence-electron chi connectivity index (χ0n) is 9.40. The van der Waals surface area contributed by atoms with Crippen molar-refractivity contribution in [3.63, 3.8) is 0 Å². The molecule has 3 nitrogen and oxygen atoms in total. The maximum Gasteiger partial charge on any atom is 0.0592 e. The van der Waals surface area contributed by atoms with Gasteiger partial charge in [0.25, 0.3) is 0 Å².